The lowest BCUT2D eigenvalue weighted by molar-refractivity contribution is 0.0818. The molecular formula is C14H22O3Si. The summed E-state index contributed by atoms with van der Waals surface area (Å²) >= 11 is 0. The summed E-state index contributed by atoms with van der Waals surface area (Å²) in [4.78, 5) is 0. The van der Waals surface area contributed by atoms with Crippen LogP contribution >= 0.6 is 0 Å². The zero-order chi connectivity index (χ0) is 13.3. The fourth-order valence-corrected chi connectivity index (χ4v) is 4.21. The predicted molar refractivity (Wildman–Crippen MR) is 76.1 cm³/mol. The minimum absolute atomic E-state index is 0.580. The second-order valence-corrected chi connectivity index (χ2v) is 6.16. The standard InChI is InChI=1S/C14H22O3Si/c1-4-15-18(16-5-2,17-6-3)14-12-10-8-7-9-11-13-14/h7-13H,4-6H2,1-3H3/b8-7-,9-7?,10-8?,11-9-,12-10-,13-11?,14-12?,14-13+. The van der Waals surface area contributed by atoms with Crippen molar-refractivity contribution in [3.8, 4) is 0 Å². The van der Waals surface area contributed by atoms with Crippen molar-refractivity contribution in [1.29, 1.82) is 0 Å². The van der Waals surface area contributed by atoms with Crippen molar-refractivity contribution in [2.24, 2.45) is 0 Å². The molecular weight excluding hydrogens is 244 g/mol. The lowest BCUT2D eigenvalue weighted by atomic mass is 10.3. The van der Waals surface area contributed by atoms with Gasteiger partial charge in [-0.15, -0.1) is 0 Å². The number of allylic oxidation sites excluding steroid dienone is 8. The molecule has 4 heteroatoms. The Morgan fingerprint density at radius 3 is 1.83 bits per heavy atom. The van der Waals surface area contributed by atoms with E-state index in [9.17, 15) is 0 Å². The van der Waals surface area contributed by atoms with Gasteiger partial charge >= 0.3 is 8.80 Å². The molecule has 3 nitrogen and oxygen atoms in total. The first kappa shape index (κ1) is 15.1. The van der Waals surface area contributed by atoms with Gasteiger partial charge in [0.05, 0.1) is 0 Å². The fourth-order valence-electron chi connectivity index (χ4n) is 1.72. The highest BCUT2D eigenvalue weighted by atomic mass is 28.4. The van der Waals surface area contributed by atoms with Crippen LogP contribution in [0.4, 0.5) is 0 Å². The van der Waals surface area contributed by atoms with Crippen molar-refractivity contribution in [3.63, 3.8) is 0 Å². The maximum absolute atomic E-state index is 5.86. The van der Waals surface area contributed by atoms with Crippen LogP contribution in [-0.2, 0) is 13.3 Å². The van der Waals surface area contributed by atoms with Crippen LogP contribution in [0, 0.1) is 0 Å². The monoisotopic (exact) mass is 266 g/mol. The van der Waals surface area contributed by atoms with Crippen molar-refractivity contribution in [2.45, 2.75) is 20.8 Å². The molecule has 0 aromatic carbocycles. The summed E-state index contributed by atoms with van der Waals surface area (Å²) < 4.78 is 17.6. The average molecular weight is 266 g/mol. The van der Waals surface area contributed by atoms with E-state index in [4.69, 9.17) is 13.3 Å². The van der Waals surface area contributed by atoms with E-state index < -0.39 is 8.80 Å². The van der Waals surface area contributed by atoms with Crippen molar-refractivity contribution in [3.05, 3.63) is 47.7 Å². The summed E-state index contributed by atoms with van der Waals surface area (Å²) in [5, 5.41) is 0.994. The summed E-state index contributed by atoms with van der Waals surface area (Å²) in [6, 6.07) is 0. The molecule has 0 saturated carbocycles. The van der Waals surface area contributed by atoms with Gasteiger partial charge in [0.25, 0.3) is 0 Å². The summed E-state index contributed by atoms with van der Waals surface area (Å²) in [5.41, 5.74) is 0. The van der Waals surface area contributed by atoms with E-state index in [-0.39, 0.29) is 0 Å². The zero-order valence-electron chi connectivity index (χ0n) is 11.4. The number of hydrogen-bond donors (Lipinski definition) is 0. The predicted octanol–water partition coefficient (Wildman–Crippen LogP) is 3.18. The molecule has 100 valence electrons. The van der Waals surface area contributed by atoms with Crippen LogP contribution in [0.2, 0.25) is 0 Å². The molecule has 0 atom stereocenters. The quantitative estimate of drug-likeness (QED) is 0.662. The Balaban J connectivity index is 3.05. The maximum atomic E-state index is 5.86. The summed E-state index contributed by atoms with van der Waals surface area (Å²) in [6.45, 7) is 7.62. The molecule has 0 N–H and O–H groups in total. The SMILES string of the molecule is CCO[Si](OCC)(OCC)C1=C/C=C\C=C/C=C\1. The van der Waals surface area contributed by atoms with Crippen LogP contribution in [0.25, 0.3) is 0 Å². The van der Waals surface area contributed by atoms with E-state index in [1.165, 1.54) is 0 Å². The molecule has 0 bridgehead atoms. The van der Waals surface area contributed by atoms with Gasteiger partial charge in [0, 0.05) is 25.0 Å². The molecule has 1 aliphatic carbocycles. The van der Waals surface area contributed by atoms with E-state index in [0.29, 0.717) is 19.8 Å². The Bertz CT molecular complexity index is 339. The normalized spacial score (nSPS) is 23.6. The van der Waals surface area contributed by atoms with Crippen LogP contribution in [0.15, 0.2) is 47.7 Å². The Kier molecular flexibility index (Phi) is 6.89. The second kappa shape index (κ2) is 8.21. The van der Waals surface area contributed by atoms with Gasteiger partial charge in [-0.25, -0.2) is 0 Å². The largest absolute Gasteiger partial charge is 0.537 e. The molecule has 0 aliphatic heterocycles. The topological polar surface area (TPSA) is 27.7 Å². The van der Waals surface area contributed by atoms with E-state index in [1.54, 1.807) is 0 Å². The zero-order valence-corrected chi connectivity index (χ0v) is 12.4. The van der Waals surface area contributed by atoms with Crippen LogP contribution in [0.3, 0.4) is 0 Å². The molecule has 0 unspecified atom stereocenters. The van der Waals surface area contributed by atoms with Gasteiger partial charge in [0.1, 0.15) is 0 Å². The highest BCUT2D eigenvalue weighted by molar-refractivity contribution is 6.69. The minimum atomic E-state index is -2.76. The van der Waals surface area contributed by atoms with Crippen molar-refractivity contribution in [2.75, 3.05) is 19.8 Å². The highest BCUT2D eigenvalue weighted by Gasteiger charge is 2.43. The molecule has 1 rings (SSSR count). The van der Waals surface area contributed by atoms with E-state index >= 15 is 0 Å². The Hall–Kier alpha value is -0.943. The van der Waals surface area contributed by atoms with Gasteiger partial charge in [0.15, 0.2) is 0 Å². The molecule has 0 heterocycles. The van der Waals surface area contributed by atoms with Crippen molar-refractivity contribution in [1.82, 2.24) is 0 Å². The molecule has 0 amide bonds. The smallest absolute Gasteiger partial charge is 0.370 e. The van der Waals surface area contributed by atoms with Gasteiger partial charge in [0.2, 0.25) is 0 Å². The third-order valence-electron chi connectivity index (χ3n) is 2.35. The lowest BCUT2D eigenvalue weighted by Crippen LogP contribution is -2.48. The molecule has 0 saturated heterocycles. The van der Waals surface area contributed by atoms with E-state index in [0.717, 1.165) is 5.20 Å². The third kappa shape index (κ3) is 4.06. The Morgan fingerprint density at radius 1 is 0.778 bits per heavy atom. The summed E-state index contributed by atoms with van der Waals surface area (Å²) in [6.07, 6.45) is 13.9. The average Bonchev–Trinajstić information content (AvgIpc) is 2.29. The molecule has 0 spiro atoms. The molecule has 0 aromatic rings. The maximum Gasteiger partial charge on any atom is 0.537 e. The second-order valence-electron chi connectivity index (χ2n) is 3.61. The first-order valence-electron chi connectivity index (χ1n) is 6.43. The minimum Gasteiger partial charge on any atom is -0.370 e. The van der Waals surface area contributed by atoms with Gasteiger partial charge in [-0.3, -0.25) is 0 Å². The summed E-state index contributed by atoms with van der Waals surface area (Å²) in [7, 11) is -2.76. The first-order valence-corrected chi connectivity index (χ1v) is 8.15. The third-order valence-corrected chi connectivity index (χ3v) is 5.40. The fraction of sp³-hybridized carbons (Fsp3) is 0.429. The molecule has 0 aromatic heterocycles. The molecule has 18 heavy (non-hydrogen) atoms. The van der Waals surface area contributed by atoms with Crippen LogP contribution in [0.1, 0.15) is 20.8 Å². The highest BCUT2D eigenvalue weighted by Crippen LogP contribution is 2.22. The first-order chi connectivity index (χ1) is 8.79. The lowest BCUT2D eigenvalue weighted by Gasteiger charge is -2.29. The van der Waals surface area contributed by atoms with Gasteiger partial charge in [-0.2, -0.15) is 0 Å². The van der Waals surface area contributed by atoms with Gasteiger partial charge in [-0.1, -0.05) is 42.5 Å². The van der Waals surface area contributed by atoms with E-state index in [2.05, 4.69) is 0 Å². The molecule has 0 fully saturated rings. The van der Waals surface area contributed by atoms with E-state index in [1.807, 2.05) is 63.3 Å². The van der Waals surface area contributed by atoms with Gasteiger partial charge in [-0.05, 0) is 20.8 Å². The van der Waals surface area contributed by atoms with Crippen LogP contribution in [-0.4, -0.2) is 28.6 Å². The Labute approximate surface area is 111 Å². The van der Waals surface area contributed by atoms with Gasteiger partial charge < -0.3 is 13.3 Å². The number of rotatable bonds is 7. The summed E-state index contributed by atoms with van der Waals surface area (Å²) in [5.74, 6) is 0. The van der Waals surface area contributed by atoms with Crippen molar-refractivity contribution >= 4 is 8.80 Å². The van der Waals surface area contributed by atoms with Crippen LogP contribution in [0.5, 0.6) is 0 Å². The molecule has 0 radical (unpaired) electrons. The molecule has 1 aliphatic rings. The number of hydrogen-bond acceptors (Lipinski definition) is 3. The van der Waals surface area contributed by atoms with Crippen LogP contribution < -0.4 is 0 Å². The Morgan fingerprint density at radius 2 is 1.28 bits per heavy atom. The van der Waals surface area contributed by atoms with Crippen molar-refractivity contribution < 1.29 is 13.3 Å².